The SMILES string of the molecule is FC1C=CN(F)C(F)(P(c2ccccc2)c2ccccc2)C1(F)F. The lowest BCUT2D eigenvalue weighted by molar-refractivity contribution is -0.229. The summed E-state index contributed by atoms with van der Waals surface area (Å²) in [7, 11) is -2.56. The molecule has 7 heteroatoms. The third kappa shape index (κ3) is 2.49. The molecule has 2 aromatic rings. The largest absolute Gasteiger partial charge is 0.340 e. The van der Waals surface area contributed by atoms with E-state index in [1.165, 1.54) is 24.3 Å². The topological polar surface area (TPSA) is 3.24 Å². The van der Waals surface area contributed by atoms with Crippen LogP contribution in [0.5, 0.6) is 0 Å². The summed E-state index contributed by atoms with van der Waals surface area (Å²) in [6, 6.07) is 15.2. The molecule has 0 N–H and O–H groups in total. The van der Waals surface area contributed by atoms with Crippen LogP contribution in [0.2, 0.25) is 0 Å². The van der Waals surface area contributed by atoms with Crippen LogP contribution in [-0.4, -0.2) is 22.8 Å². The molecule has 24 heavy (non-hydrogen) atoms. The number of hydrogen-bond acceptors (Lipinski definition) is 1. The van der Waals surface area contributed by atoms with E-state index in [0.717, 1.165) is 0 Å². The number of alkyl halides is 4. The molecule has 0 aliphatic carbocycles. The summed E-state index contributed by atoms with van der Waals surface area (Å²) in [6.07, 6.45) is -2.20. The van der Waals surface area contributed by atoms with Crippen LogP contribution < -0.4 is 10.6 Å². The molecule has 0 bridgehead atoms. The molecular weight excluding hydrogens is 344 g/mol. The average molecular weight is 357 g/mol. The lowest BCUT2D eigenvalue weighted by atomic mass is 10.1. The predicted octanol–water partition coefficient (Wildman–Crippen LogP) is 4.43. The first-order chi connectivity index (χ1) is 11.4. The van der Waals surface area contributed by atoms with Crippen molar-refractivity contribution in [1.29, 1.82) is 0 Å². The second kappa shape index (κ2) is 6.17. The van der Waals surface area contributed by atoms with E-state index in [1.54, 1.807) is 36.4 Å². The highest BCUT2D eigenvalue weighted by Gasteiger charge is 2.69. The van der Waals surface area contributed by atoms with Crippen LogP contribution in [0.15, 0.2) is 72.9 Å². The first-order valence-corrected chi connectivity index (χ1v) is 8.48. The number of benzene rings is 2. The number of rotatable bonds is 3. The Hall–Kier alpha value is -1.94. The number of halogens is 5. The maximum Gasteiger partial charge on any atom is 0.340 e. The van der Waals surface area contributed by atoms with E-state index < -0.39 is 30.7 Å². The molecule has 2 unspecified atom stereocenters. The highest BCUT2D eigenvalue weighted by molar-refractivity contribution is 7.74. The van der Waals surface area contributed by atoms with E-state index >= 15 is 4.39 Å². The summed E-state index contributed by atoms with van der Waals surface area (Å²) in [4.78, 5) is 0. The highest BCUT2D eigenvalue weighted by atomic mass is 31.1. The molecule has 0 aromatic heterocycles. The van der Waals surface area contributed by atoms with E-state index in [2.05, 4.69) is 0 Å². The molecule has 0 radical (unpaired) electrons. The van der Waals surface area contributed by atoms with Gasteiger partial charge in [0.05, 0.1) is 0 Å². The Balaban J connectivity index is 2.24. The quantitative estimate of drug-likeness (QED) is 0.340. The molecule has 0 spiro atoms. The second-order valence-electron chi connectivity index (χ2n) is 5.27. The van der Waals surface area contributed by atoms with Gasteiger partial charge in [-0.1, -0.05) is 65.1 Å². The third-order valence-electron chi connectivity index (χ3n) is 3.76. The molecule has 1 aliphatic rings. The zero-order valence-corrected chi connectivity index (χ0v) is 13.2. The van der Waals surface area contributed by atoms with Crippen molar-refractivity contribution in [1.82, 2.24) is 5.12 Å². The zero-order chi connectivity index (χ0) is 17.4. The van der Waals surface area contributed by atoms with Crippen molar-refractivity contribution in [2.75, 3.05) is 0 Å². The predicted molar refractivity (Wildman–Crippen MR) is 84.8 cm³/mol. The molecule has 2 aromatic carbocycles. The van der Waals surface area contributed by atoms with Crippen molar-refractivity contribution in [2.45, 2.75) is 17.6 Å². The van der Waals surface area contributed by atoms with Crippen LogP contribution in [0.25, 0.3) is 0 Å². The summed E-state index contributed by atoms with van der Waals surface area (Å²) in [5.74, 6) is -4.55. The van der Waals surface area contributed by atoms with Crippen molar-refractivity contribution in [3.63, 3.8) is 0 Å². The van der Waals surface area contributed by atoms with Crippen molar-refractivity contribution < 1.29 is 22.0 Å². The Morgan fingerprint density at radius 2 is 1.29 bits per heavy atom. The summed E-state index contributed by atoms with van der Waals surface area (Å²) in [6.45, 7) is 0. The molecule has 0 amide bonds. The number of nitrogens with zero attached hydrogens (tertiary/aromatic N) is 1. The van der Waals surface area contributed by atoms with E-state index in [1.807, 2.05) is 0 Å². The van der Waals surface area contributed by atoms with E-state index in [4.69, 9.17) is 0 Å². The maximum absolute atomic E-state index is 15.6. The lowest BCUT2D eigenvalue weighted by Crippen LogP contribution is -2.60. The van der Waals surface area contributed by atoms with Crippen molar-refractivity contribution >= 4 is 18.5 Å². The van der Waals surface area contributed by atoms with Crippen LogP contribution in [0, 0.1) is 0 Å². The van der Waals surface area contributed by atoms with Gasteiger partial charge in [-0.25, -0.2) is 8.78 Å². The van der Waals surface area contributed by atoms with Gasteiger partial charge in [0.15, 0.2) is 6.17 Å². The average Bonchev–Trinajstić information content (AvgIpc) is 2.59. The molecular formula is C17H13F5NP. The van der Waals surface area contributed by atoms with Gasteiger partial charge in [-0.2, -0.15) is 13.9 Å². The minimum absolute atomic E-state index is 0.186. The molecule has 1 heterocycles. The van der Waals surface area contributed by atoms with Crippen molar-refractivity contribution in [2.24, 2.45) is 0 Å². The van der Waals surface area contributed by atoms with Gasteiger partial charge in [-0.15, -0.1) is 0 Å². The Morgan fingerprint density at radius 3 is 1.75 bits per heavy atom. The first kappa shape index (κ1) is 16.9. The van der Waals surface area contributed by atoms with Gasteiger partial charge in [0.25, 0.3) is 5.53 Å². The number of allylic oxidation sites excluding steroid dienone is 1. The van der Waals surface area contributed by atoms with Crippen LogP contribution in [0.3, 0.4) is 0 Å². The molecule has 0 saturated heterocycles. The van der Waals surface area contributed by atoms with E-state index in [9.17, 15) is 17.7 Å². The van der Waals surface area contributed by atoms with Gasteiger partial charge >= 0.3 is 5.92 Å². The standard InChI is InChI=1S/C17H13F5NP/c18-15-11-12-23(22)17(21,16(15,19)20)24(13-7-3-1-4-8-13)14-9-5-2-6-10-14/h1-12,15H. The molecule has 1 aliphatic heterocycles. The van der Waals surface area contributed by atoms with Gasteiger partial charge in [-0.05, 0) is 16.7 Å². The molecule has 1 nitrogen and oxygen atoms in total. The van der Waals surface area contributed by atoms with Crippen LogP contribution >= 0.6 is 7.92 Å². The normalized spacial score (nSPS) is 25.9. The van der Waals surface area contributed by atoms with Crippen molar-refractivity contribution in [3.8, 4) is 0 Å². The van der Waals surface area contributed by atoms with Gasteiger partial charge in [0.1, 0.15) is 0 Å². The van der Waals surface area contributed by atoms with Crippen LogP contribution in [0.4, 0.5) is 22.0 Å². The fourth-order valence-electron chi connectivity index (χ4n) is 2.58. The minimum atomic E-state index is -4.55. The van der Waals surface area contributed by atoms with Crippen molar-refractivity contribution in [3.05, 3.63) is 72.9 Å². The van der Waals surface area contributed by atoms with Crippen LogP contribution in [0.1, 0.15) is 0 Å². The van der Waals surface area contributed by atoms with Gasteiger partial charge in [0, 0.05) is 14.1 Å². The van der Waals surface area contributed by atoms with Gasteiger partial charge in [-0.3, -0.25) is 0 Å². The molecule has 3 rings (SSSR count). The van der Waals surface area contributed by atoms with Crippen LogP contribution in [-0.2, 0) is 0 Å². The summed E-state index contributed by atoms with van der Waals surface area (Å²) in [5, 5.41) is -0.327. The van der Waals surface area contributed by atoms with Gasteiger partial charge in [0.2, 0.25) is 0 Å². The Morgan fingerprint density at radius 1 is 0.833 bits per heavy atom. The lowest BCUT2D eigenvalue weighted by Gasteiger charge is -2.44. The second-order valence-corrected chi connectivity index (χ2v) is 7.57. The first-order valence-electron chi connectivity index (χ1n) is 7.13. The fourth-order valence-corrected chi connectivity index (χ4v) is 5.18. The highest BCUT2D eigenvalue weighted by Crippen LogP contribution is 2.61. The molecule has 126 valence electrons. The minimum Gasteiger partial charge on any atom is -0.236 e. The van der Waals surface area contributed by atoms with E-state index in [0.29, 0.717) is 12.3 Å². The molecule has 0 fully saturated rings. The van der Waals surface area contributed by atoms with Gasteiger partial charge < -0.3 is 0 Å². The Bertz CT molecular complexity index is 685. The smallest absolute Gasteiger partial charge is 0.236 e. The maximum atomic E-state index is 15.6. The van der Waals surface area contributed by atoms with E-state index in [-0.39, 0.29) is 10.6 Å². The number of hydrogen-bond donors (Lipinski definition) is 0. The Labute approximate surface area is 137 Å². The Kier molecular flexibility index (Phi) is 4.35. The third-order valence-corrected chi connectivity index (χ3v) is 6.48. The summed E-state index contributed by atoms with van der Waals surface area (Å²) >= 11 is 0. The fraction of sp³-hybridized carbons (Fsp3) is 0.176. The molecule has 2 atom stereocenters. The molecule has 0 saturated carbocycles. The summed E-state index contributed by atoms with van der Waals surface area (Å²) < 4.78 is 72.5. The monoisotopic (exact) mass is 357 g/mol. The zero-order valence-electron chi connectivity index (χ0n) is 12.3. The summed E-state index contributed by atoms with van der Waals surface area (Å²) in [5.41, 5.74) is -3.83.